The Bertz CT molecular complexity index is 1150. The number of ether oxygens (including phenoxy) is 2. The van der Waals surface area contributed by atoms with Gasteiger partial charge in [0.05, 0.1) is 18.1 Å². The highest BCUT2D eigenvalue weighted by Crippen LogP contribution is 2.68. The van der Waals surface area contributed by atoms with Gasteiger partial charge in [0, 0.05) is 25.0 Å². The lowest BCUT2D eigenvalue weighted by Crippen LogP contribution is -2.59. The van der Waals surface area contributed by atoms with E-state index in [9.17, 15) is 24.8 Å². The summed E-state index contributed by atoms with van der Waals surface area (Å²) in [6.45, 7) is 7.04. The van der Waals surface area contributed by atoms with Crippen molar-refractivity contribution in [3.63, 3.8) is 0 Å². The second kappa shape index (κ2) is 12.3. The lowest BCUT2D eigenvalue weighted by Gasteiger charge is -2.62. The zero-order valence-electron chi connectivity index (χ0n) is 25.8. The molecule has 10 atom stereocenters. The Balaban J connectivity index is 1.18. The molecule has 42 heavy (non-hydrogen) atoms. The van der Waals surface area contributed by atoms with Crippen molar-refractivity contribution >= 4 is 17.6 Å². The monoisotopic (exact) mass is 583 g/mol. The first-order valence-corrected chi connectivity index (χ1v) is 16.1. The van der Waals surface area contributed by atoms with Crippen LogP contribution in [0.5, 0.6) is 0 Å². The van der Waals surface area contributed by atoms with Gasteiger partial charge in [-0.15, -0.1) is 0 Å². The molecule has 232 valence electrons. The van der Waals surface area contributed by atoms with E-state index in [4.69, 9.17) is 9.47 Å². The van der Waals surface area contributed by atoms with E-state index in [1.54, 1.807) is 12.1 Å². The van der Waals surface area contributed by atoms with Crippen LogP contribution in [-0.2, 0) is 25.5 Å². The number of aliphatic hydroxyl groups excluding tert-OH is 1. The summed E-state index contributed by atoms with van der Waals surface area (Å²) in [6, 6.07) is 6.35. The Kier molecular flexibility index (Phi) is 9.03. The number of carbonyl (C=O) groups is 2. The Hall–Kier alpha value is -2.48. The first-order chi connectivity index (χ1) is 20.0. The number of aryl methyl sites for hydroxylation is 1. The predicted octanol–water partition coefficient (Wildman–Crippen LogP) is 6.66. The minimum Gasteiger partial charge on any atom is -0.469 e. The summed E-state index contributed by atoms with van der Waals surface area (Å²) in [5.41, 5.74) is 0.994. The molecular formula is C34H49NO7. The molecule has 4 fully saturated rings. The standard InChI is InChI=1S/C34H49NO7/c1-21(5-15-31(37)41-4)27-13-14-28-26-12-9-23-19-25(17-18-33(23,2)29(26)20-30(36)34(27,28)3)42-32(38)16-8-22-6-10-24(11-7-22)35(39)40/h6-7,10-11,21,23,25-30,36H,5,8-9,12-20H2,1-4H3/t21-,23-,25-,26+,27-,28+,29+,30+,33+,34-/m1/s1. The van der Waals surface area contributed by atoms with Crippen molar-refractivity contribution in [2.45, 2.75) is 110 Å². The Morgan fingerprint density at radius 2 is 1.76 bits per heavy atom. The average Bonchev–Trinajstić information content (AvgIpc) is 3.34. The van der Waals surface area contributed by atoms with E-state index >= 15 is 0 Å². The first-order valence-electron chi connectivity index (χ1n) is 16.1. The van der Waals surface area contributed by atoms with E-state index in [0.29, 0.717) is 48.3 Å². The van der Waals surface area contributed by atoms with Crippen LogP contribution in [0.25, 0.3) is 0 Å². The number of hydrogen-bond donors (Lipinski definition) is 1. The first kappa shape index (κ1) is 31.0. The fourth-order valence-electron chi connectivity index (χ4n) is 10.2. The summed E-state index contributed by atoms with van der Waals surface area (Å²) >= 11 is 0. The van der Waals surface area contributed by atoms with Gasteiger partial charge < -0.3 is 14.6 Å². The van der Waals surface area contributed by atoms with Crippen LogP contribution < -0.4 is 0 Å². The van der Waals surface area contributed by atoms with Gasteiger partial charge >= 0.3 is 11.9 Å². The number of rotatable bonds is 9. The molecule has 0 aromatic heterocycles. The van der Waals surface area contributed by atoms with E-state index in [2.05, 4.69) is 20.8 Å². The lowest BCUT2D eigenvalue weighted by atomic mass is 9.43. The summed E-state index contributed by atoms with van der Waals surface area (Å²) in [4.78, 5) is 35.0. The topological polar surface area (TPSA) is 116 Å². The van der Waals surface area contributed by atoms with Crippen LogP contribution in [0.2, 0.25) is 0 Å². The number of non-ortho nitro benzene ring substituents is 1. The highest BCUT2D eigenvalue weighted by Gasteiger charge is 2.63. The fourth-order valence-corrected chi connectivity index (χ4v) is 10.2. The van der Waals surface area contributed by atoms with Crippen LogP contribution in [0.4, 0.5) is 5.69 Å². The smallest absolute Gasteiger partial charge is 0.306 e. The van der Waals surface area contributed by atoms with Crippen molar-refractivity contribution < 1.29 is 29.1 Å². The SMILES string of the molecule is COC(=O)CC[C@@H](C)[C@H]1CC[C@H]2[C@@H]3CC[C@@H]4C[C@H](OC(=O)CCc5ccc([N+](=O)[O-])cc5)CC[C@]4(C)[C@H]3C[C@H](O)[C@]12C. The molecule has 0 aliphatic heterocycles. The second-order valence-electron chi connectivity index (χ2n) is 14.4. The molecule has 5 rings (SSSR count). The average molecular weight is 584 g/mol. The van der Waals surface area contributed by atoms with Crippen molar-refractivity contribution in [3.05, 3.63) is 39.9 Å². The Morgan fingerprint density at radius 3 is 2.45 bits per heavy atom. The number of esters is 2. The van der Waals surface area contributed by atoms with Gasteiger partial charge in [0.25, 0.3) is 5.69 Å². The molecule has 1 aromatic rings. The minimum atomic E-state index is -0.421. The van der Waals surface area contributed by atoms with Gasteiger partial charge in [-0.3, -0.25) is 19.7 Å². The molecule has 1 aromatic carbocycles. The van der Waals surface area contributed by atoms with Crippen LogP contribution in [-0.4, -0.2) is 41.3 Å². The Morgan fingerprint density at radius 1 is 1.02 bits per heavy atom. The molecule has 0 saturated heterocycles. The van der Waals surface area contributed by atoms with E-state index < -0.39 is 4.92 Å². The minimum absolute atomic E-state index is 0.0503. The van der Waals surface area contributed by atoms with Crippen LogP contribution >= 0.6 is 0 Å². The summed E-state index contributed by atoms with van der Waals surface area (Å²) in [6.07, 6.45) is 9.91. The zero-order chi connectivity index (χ0) is 30.2. The number of carbonyl (C=O) groups excluding carboxylic acids is 2. The van der Waals surface area contributed by atoms with E-state index in [-0.39, 0.29) is 47.1 Å². The number of benzene rings is 1. The lowest BCUT2D eigenvalue weighted by molar-refractivity contribution is -0.384. The third-order valence-electron chi connectivity index (χ3n) is 12.6. The molecule has 4 aliphatic carbocycles. The molecule has 8 heteroatoms. The maximum atomic E-state index is 12.7. The van der Waals surface area contributed by atoms with E-state index in [1.165, 1.54) is 25.7 Å². The number of methoxy groups -OCH3 is 1. The molecule has 4 saturated carbocycles. The quantitative estimate of drug-likeness (QED) is 0.196. The normalized spacial score (nSPS) is 38.0. The number of aliphatic hydroxyl groups is 1. The maximum Gasteiger partial charge on any atom is 0.306 e. The van der Waals surface area contributed by atoms with Gasteiger partial charge in [0.2, 0.25) is 0 Å². The van der Waals surface area contributed by atoms with Gasteiger partial charge in [-0.2, -0.15) is 0 Å². The maximum absolute atomic E-state index is 12.7. The highest BCUT2D eigenvalue weighted by atomic mass is 16.6. The third kappa shape index (κ3) is 5.72. The van der Waals surface area contributed by atoms with Crippen LogP contribution in [0.3, 0.4) is 0 Å². The molecule has 8 nitrogen and oxygen atoms in total. The van der Waals surface area contributed by atoms with E-state index in [1.807, 2.05) is 0 Å². The molecule has 4 aliphatic rings. The predicted molar refractivity (Wildman–Crippen MR) is 158 cm³/mol. The summed E-state index contributed by atoms with van der Waals surface area (Å²) in [5, 5.41) is 22.7. The van der Waals surface area contributed by atoms with Crippen molar-refractivity contribution in [2.24, 2.45) is 46.3 Å². The van der Waals surface area contributed by atoms with Gasteiger partial charge in [-0.25, -0.2) is 0 Å². The van der Waals surface area contributed by atoms with Gasteiger partial charge in [-0.05, 0) is 116 Å². The number of nitrogens with zero attached hydrogens (tertiary/aromatic N) is 1. The van der Waals surface area contributed by atoms with E-state index in [0.717, 1.165) is 56.9 Å². The molecule has 0 radical (unpaired) electrons. The second-order valence-corrected chi connectivity index (χ2v) is 14.4. The van der Waals surface area contributed by atoms with Crippen molar-refractivity contribution in [2.75, 3.05) is 7.11 Å². The van der Waals surface area contributed by atoms with Crippen molar-refractivity contribution in [3.8, 4) is 0 Å². The van der Waals surface area contributed by atoms with Gasteiger partial charge in [-0.1, -0.05) is 32.9 Å². The number of nitro groups is 1. The van der Waals surface area contributed by atoms with Gasteiger partial charge in [0.1, 0.15) is 6.10 Å². The van der Waals surface area contributed by atoms with Crippen molar-refractivity contribution in [1.82, 2.24) is 0 Å². The molecule has 1 N–H and O–H groups in total. The molecule has 0 amide bonds. The number of nitro benzene ring substituents is 1. The summed E-state index contributed by atoms with van der Waals surface area (Å²) in [7, 11) is 1.45. The molecule has 0 heterocycles. The summed E-state index contributed by atoms with van der Waals surface area (Å²) in [5.74, 6) is 2.58. The van der Waals surface area contributed by atoms with Gasteiger partial charge in [0.15, 0.2) is 0 Å². The molecular weight excluding hydrogens is 534 g/mol. The number of fused-ring (bicyclic) bond motifs is 5. The highest BCUT2D eigenvalue weighted by molar-refractivity contribution is 5.70. The van der Waals surface area contributed by atoms with Crippen LogP contribution in [0.1, 0.15) is 97.0 Å². The largest absolute Gasteiger partial charge is 0.469 e. The molecule has 0 unspecified atom stereocenters. The summed E-state index contributed by atoms with van der Waals surface area (Å²) < 4.78 is 10.9. The fraction of sp³-hybridized carbons (Fsp3) is 0.765. The van der Waals surface area contributed by atoms with Crippen LogP contribution in [0, 0.1) is 56.5 Å². The third-order valence-corrected chi connectivity index (χ3v) is 12.6. The molecule has 0 bridgehead atoms. The van der Waals surface area contributed by atoms with Crippen LogP contribution in [0.15, 0.2) is 24.3 Å². The zero-order valence-corrected chi connectivity index (χ0v) is 25.8. The number of hydrogen-bond acceptors (Lipinski definition) is 7. The van der Waals surface area contributed by atoms with Crippen molar-refractivity contribution in [1.29, 1.82) is 0 Å². The molecule has 0 spiro atoms. The Labute approximate surface area is 250 Å².